The summed E-state index contributed by atoms with van der Waals surface area (Å²) in [6, 6.07) is 7.48. The van der Waals surface area contributed by atoms with Crippen molar-refractivity contribution >= 4 is 16.8 Å². The van der Waals surface area contributed by atoms with E-state index in [9.17, 15) is 9.90 Å². The van der Waals surface area contributed by atoms with Gasteiger partial charge in [0.1, 0.15) is 0 Å². The zero-order valence-electron chi connectivity index (χ0n) is 12.3. The molecule has 1 aromatic carbocycles. The molecular formula is C16H22N2O2. The predicted molar refractivity (Wildman–Crippen MR) is 80.7 cm³/mol. The van der Waals surface area contributed by atoms with Crippen LogP contribution in [0, 0.1) is 5.92 Å². The third-order valence-corrected chi connectivity index (χ3v) is 3.99. The van der Waals surface area contributed by atoms with Gasteiger partial charge in [0.25, 0.3) is 5.91 Å². The number of aromatic nitrogens is 1. The number of fused-ring (bicyclic) bond motifs is 1. The van der Waals surface area contributed by atoms with E-state index in [1.54, 1.807) is 0 Å². The number of aliphatic hydroxyl groups is 1. The summed E-state index contributed by atoms with van der Waals surface area (Å²) in [5, 5.41) is 13.4. The molecule has 0 saturated carbocycles. The van der Waals surface area contributed by atoms with Crippen LogP contribution in [-0.4, -0.2) is 28.2 Å². The summed E-state index contributed by atoms with van der Waals surface area (Å²) in [7, 11) is 1.96. The number of benzene rings is 1. The highest BCUT2D eigenvalue weighted by Crippen LogP contribution is 2.17. The number of amides is 1. The summed E-state index contributed by atoms with van der Waals surface area (Å²) in [6.07, 6.45) is 2.89. The molecule has 0 spiro atoms. The number of nitrogens with one attached hydrogen (secondary N) is 1. The SMILES string of the molecule is CC[C@@H](C)[C@H](CO)NC(=O)c1ccc2ccn(C)c2c1. The second kappa shape index (κ2) is 6.09. The van der Waals surface area contributed by atoms with Gasteiger partial charge in [0.05, 0.1) is 12.6 Å². The molecule has 0 aliphatic rings. The highest BCUT2D eigenvalue weighted by atomic mass is 16.3. The lowest BCUT2D eigenvalue weighted by Gasteiger charge is -2.22. The molecule has 0 unspecified atom stereocenters. The normalized spacial score (nSPS) is 14.2. The van der Waals surface area contributed by atoms with E-state index in [0.717, 1.165) is 17.3 Å². The van der Waals surface area contributed by atoms with E-state index in [2.05, 4.69) is 12.2 Å². The number of aryl methyl sites for hydroxylation is 1. The Kier molecular flexibility index (Phi) is 4.45. The Morgan fingerprint density at radius 1 is 1.40 bits per heavy atom. The summed E-state index contributed by atoms with van der Waals surface area (Å²) >= 11 is 0. The Morgan fingerprint density at radius 2 is 2.15 bits per heavy atom. The average molecular weight is 274 g/mol. The van der Waals surface area contributed by atoms with E-state index in [0.29, 0.717) is 5.56 Å². The van der Waals surface area contributed by atoms with Gasteiger partial charge < -0.3 is 15.0 Å². The predicted octanol–water partition coefficient (Wildman–Crippen LogP) is 2.32. The minimum absolute atomic E-state index is 0.0346. The monoisotopic (exact) mass is 274 g/mol. The molecule has 2 N–H and O–H groups in total. The fraction of sp³-hybridized carbons (Fsp3) is 0.438. The highest BCUT2D eigenvalue weighted by Gasteiger charge is 2.18. The van der Waals surface area contributed by atoms with Crippen LogP contribution in [0.15, 0.2) is 30.5 Å². The Morgan fingerprint density at radius 3 is 2.80 bits per heavy atom. The maximum absolute atomic E-state index is 12.3. The standard InChI is InChI=1S/C16H22N2O2/c1-4-11(2)14(10-19)17-16(20)13-6-5-12-7-8-18(3)15(12)9-13/h5-9,11,14,19H,4,10H2,1-3H3,(H,17,20)/t11-,14+/m1/s1. The molecule has 0 fully saturated rings. The minimum Gasteiger partial charge on any atom is -0.394 e. The van der Waals surface area contributed by atoms with Crippen LogP contribution in [0.3, 0.4) is 0 Å². The van der Waals surface area contributed by atoms with Crippen molar-refractivity contribution < 1.29 is 9.90 Å². The van der Waals surface area contributed by atoms with Gasteiger partial charge in [-0.2, -0.15) is 0 Å². The number of rotatable bonds is 5. The molecule has 108 valence electrons. The van der Waals surface area contributed by atoms with Gasteiger partial charge in [-0.25, -0.2) is 0 Å². The van der Waals surface area contributed by atoms with Crippen LogP contribution in [0.2, 0.25) is 0 Å². The fourth-order valence-electron chi connectivity index (χ4n) is 2.31. The molecule has 0 bridgehead atoms. The van der Waals surface area contributed by atoms with E-state index < -0.39 is 0 Å². The van der Waals surface area contributed by atoms with E-state index >= 15 is 0 Å². The third kappa shape index (κ3) is 2.85. The molecule has 1 heterocycles. The van der Waals surface area contributed by atoms with Crippen molar-refractivity contribution in [2.75, 3.05) is 6.61 Å². The van der Waals surface area contributed by atoms with Crippen molar-refractivity contribution in [1.82, 2.24) is 9.88 Å². The van der Waals surface area contributed by atoms with Crippen LogP contribution in [0.1, 0.15) is 30.6 Å². The van der Waals surface area contributed by atoms with Crippen LogP contribution in [0.4, 0.5) is 0 Å². The Hall–Kier alpha value is -1.81. The van der Waals surface area contributed by atoms with Gasteiger partial charge in [-0.3, -0.25) is 4.79 Å². The number of carbonyl (C=O) groups excluding carboxylic acids is 1. The van der Waals surface area contributed by atoms with Crippen LogP contribution < -0.4 is 5.32 Å². The summed E-state index contributed by atoms with van der Waals surface area (Å²) in [4.78, 5) is 12.3. The number of nitrogens with zero attached hydrogens (tertiary/aromatic N) is 1. The van der Waals surface area contributed by atoms with Crippen molar-refractivity contribution in [1.29, 1.82) is 0 Å². The summed E-state index contributed by atoms with van der Waals surface area (Å²) in [5.41, 5.74) is 1.66. The van der Waals surface area contributed by atoms with E-state index in [1.807, 2.05) is 49.0 Å². The van der Waals surface area contributed by atoms with Crippen LogP contribution in [0.25, 0.3) is 10.9 Å². The first-order valence-electron chi connectivity index (χ1n) is 7.03. The molecule has 20 heavy (non-hydrogen) atoms. The second-order valence-corrected chi connectivity index (χ2v) is 5.35. The van der Waals surface area contributed by atoms with E-state index in [1.165, 1.54) is 0 Å². The molecule has 0 saturated heterocycles. The van der Waals surface area contributed by atoms with Crippen molar-refractivity contribution in [3.63, 3.8) is 0 Å². The highest BCUT2D eigenvalue weighted by molar-refractivity contribution is 5.98. The van der Waals surface area contributed by atoms with Gasteiger partial charge in [-0.1, -0.05) is 26.3 Å². The number of aliphatic hydroxyl groups excluding tert-OH is 1. The summed E-state index contributed by atoms with van der Waals surface area (Å²) in [5.74, 6) is 0.121. The van der Waals surface area contributed by atoms with Crippen LogP contribution >= 0.6 is 0 Å². The largest absolute Gasteiger partial charge is 0.394 e. The topological polar surface area (TPSA) is 54.3 Å². The quantitative estimate of drug-likeness (QED) is 0.879. The van der Waals surface area contributed by atoms with Crippen LogP contribution in [-0.2, 0) is 7.05 Å². The average Bonchev–Trinajstić information content (AvgIpc) is 2.84. The lowest BCUT2D eigenvalue weighted by molar-refractivity contribution is 0.0891. The van der Waals surface area contributed by atoms with Gasteiger partial charge in [0.2, 0.25) is 0 Å². The smallest absolute Gasteiger partial charge is 0.251 e. The minimum atomic E-state index is -0.198. The zero-order valence-corrected chi connectivity index (χ0v) is 12.3. The van der Waals surface area contributed by atoms with Crippen molar-refractivity contribution in [2.24, 2.45) is 13.0 Å². The number of hydrogen-bond acceptors (Lipinski definition) is 2. The molecule has 0 aliphatic heterocycles. The summed E-state index contributed by atoms with van der Waals surface area (Å²) < 4.78 is 1.99. The van der Waals surface area contributed by atoms with Gasteiger partial charge in [-0.15, -0.1) is 0 Å². The molecule has 0 aliphatic carbocycles. The van der Waals surface area contributed by atoms with Crippen molar-refractivity contribution in [3.8, 4) is 0 Å². The molecular weight excluding hydrogens is 252 g/mol. The second-order valence-electron chi connectivity index (χ2n) is 5.35. The first-order valence-corrected chi connectivity index (χ1v) is 7.03. The lowest BCUT2D eigenvalue weighted by Crippen LogP contribution is -2.41. The maximum atomic E-state index is 12.3. The Bertz CT molecular complexity index is 604. The molecule has 2 rings (SSSR count). The van der Waals surface area contributed by atoms with Gasteiger partial charge in [0.15, 0.2) is 0 Å². The van der Waals surface area contributed by atoms with E-state index in [4.69, 9.17) is 0 Å². The fourth-order valence-corrected chi connectivity index (χ4v) is 2.31. The molecule has 0 radical (unpaired) electrons. The molecule has 4 nitrogen and oxygen atoms in total. The molecule has 2 aromatic rings. The maximum Gasteiger partial charge on any atom is 0.251 e. The lowest BCUT2D eigenvalue weighted by atomic mass is 9.99. The van der Waals surface area contributed by atoms with Crippen molar-refractivity contribution in [2.45, 2.75) is 26.3 Å². The number of carbonyl (C=O) groups is 1. The summed E-state index contributed by atoms with van der Waals surface area (Å²) in [6.45, 7) is 4.05. The first-order chi connectivity index (χ1) is 9.56. The van der Waals surface area contributed by atoms with Crippen LogP contribution in [0.5, 0.6) is 0 Å². The molecule has 1 amide bonds. The Labute approximate surface area is 119 Å². The van der Waals surface area contributed by atoms with Gasteiger partial charge in [-0.05, 0) is 29.5 Å². The van der Waals surface area contributed by atoms with Gasteiger partial charge in [0, 0.05) is 24.3 Å². The van der Waals surface area contributed by atoms with Gasteiger partial charge >= 0.3 is 0 Å². The number of hydrogen-bond donors (Lipinski definition) is 2. The van der Waals surface area contributed by atoms with Crippen molar-refractivity contribution in [3.05, 3.63) is 36.0 Å². The van der Waals surface area contributed by atoms with E-state index in [-0.39, 0.29) is 24.5 Å². The zero-order chi connectivity index (χ0) is 14.7. The molecule has 4 heteroatoms. The third-order valence-electron chi connectivity index (χ3n) is 3.99. The Balaban J connectivity index is 2.20. The first kappa shape index (κ1) is 14.6. The molecule has 2 atom stereocenters. The molecule has 1 aromatic heterocycles.